The number of hydrogen-bond donors (Lipinski definition) is 2. The molecular weight excluding hydrogens is 216 g/mol. The van der Waals surface area contributed by atoms with Gasteiger partial charge in [0.15, 0.2) is 0 Å². The second-order valence-corrected chi connectivity index (χ2v) is 5.37. The molecule has 0 aliphatic heterocycles. The number of nitrogens with one attached hydrogen (secondary N) is 1. The number of nitriles is 1. The predicted octanol–water partition coefficient (Wildman–Crippen LogP) is 1.35. The van der Waals surface area contributed by atoms with E-state index in [9.17, 15) is 15.2 Å². The molecule has 0 aromatic heterocycles. The molecule has 0 radical (unpaired) electrons. The first-order valence-electron chi connectivity index (χ1n) is 6.55. The van der Waals surface area contributed by atoms with Gasteiger partial charge in [-0.25, -0.2) is 0 Å². The third kappa shape index (κ3) is 2.44. The van der Waals surface area contributed by atoms with Crippen LogP contribution in [0, 0.1) is 22.7 Å². The van der Waals surface area contributed by atoms with Gasteiger partial charge in [0.25, 0.3) is 0 Å². The molecule has 2 atom stereocenters. The summed E-state index contributed by atoms with van der Waals surface area (Å²) >= 11 is 0. The van der Waals surface area contributed by atoms with Crippen molar-refractivity contribution in [2.75, 3.05) is 6.54 Å². The van der Waals surface area contributed by atoms with Gasteiger partial charge in [-0.3, -0.25) is 4.79 Å². The van der Waals surface area contributed by atoms with E-state index in [1.165, 1.54) is 0 Å². The zero-order chi connectivity index (χ0) is 12.3. The van der Waals surface area contributed by atoms with Crippen LogP contribution in [0.4, 0.5) is 0 Å². The zero-order valence-corrected chi connectivity index (χ0v) is 10.1. The minimum Gasteiger partial charge on any atom is -0.393 e. The molecule has 94 valence electrons. The van der Waals surface area contributed by atoms with Crippen LogP contribution < -0.4 is 5.32 Å². The van der Waals surface area contributed by atoms with Crippen LogP contribution in [-0.4, -0.2) is 23.7 Å². The Bertz CT molecular complexity index is 329. The van der Waals surface area contributed by atoms with E-state index in [0.717, 1.165) is 32.1 Å². The molecule has 17 heavy (non-hydrogen) atoms. The molecule has 1 amide bonds. The summed E-state index contributed by atoms with van der Waals surface area (Å²) in [6, 6.07) is 2.19. The highest BCUT2D eigenvalue weighted by Gasteiger charge is 2.41. The molecule has 2 fully saturated rings. The van der Waals surface area contributed by atoms with E-state index in [2.05, 4.69) is 11.4 Å². The molecule has 0 aromatic carbocycles. The van der Waals surface area contributed by atoms with Crippen LogP contribution in [0.5, 0.6) is 0 Å². The van der Waals surface area contributed by atoms with E-state index >= 15 is 0 Å². The molecule has 2 rings (SSSR count). The number of carbonyl (C=O) groups excluding carboxylic acids is 1. The molecule has 4 nitrogen and oxygen atoms in total. The first-order chi connectivity index (χ1) is 8.18. The smallest absolute Gasteiger partial charge is 0.240 e. The lowest BCUT2D eigenvalue weighted by molar-refractivity contribution is -0.128. The third-order valence-corrected chi connectivity index (χ3v) is 4.25. The molecule has 2 saturated carbocycles. The van der Waals surface area contributed by atoms with Crippen molar-refractivity contribution in [1.82, 2.24) is 5.32 Å². The van der Waals surface area contributed by atoms with Crippen LogP contribution in [0.2, 0.25) is 0 Å². The van der Waals surface area contributed by atoms with Crippen molar-refractivity contribution in [1.29, 1.82) is 5.26 Å². The van der Waals surface area contributed by atoms with Gasteiger partial charge >= 0.3 is 0 Å². The van der Waals surface area contributed by atoms with Gasteiger partial charge in [-0.05, 0) is 25.7 Å². The monoisotopic (exact) mass is 236 g/mol. The molecule has 2 unspecified atom stereocenters. The Kier molecular flexibility index (Phi) is 3.68. The SMILES string of the molecule is N#CC1(C(=O)NCC2CCCC2O)CCCC1. The van der Waals surface area contributed by atoms with Gasteiger partial charge in [0.2, 0.25) is 5.91 Å². The van der Waals surface area contributed by atoms with Gasteiger partial charge in [0, 0.05) is 12.5 Å². The summed E-state index contributed by atoms with van der Waals surface area (Å²) in [5.41, 5.74) is -0.788. The minimum absolute atomic E-state index is 0.128. The minimum atomic E-state index is -0.788. The van der Waals surface area contributed by atoms with Crippen LogP contribution in [0.15, 0.2) is 0 Å². The van der Waals surface area contributed by atoms with Gasteiger partial charge in [-0.1, -0.05) is 19.3 Å². The Morgan fingerprint density at radius 1 is 1.35 bits per heavy atom. The van der Waals surface area contributed by atoms with E-state index in [4.69, 9.17) is 0 Å². The standard InChI is InChI=1S/C13H20N2O2/c14-9-13(6-1-2-7-13)12(17)15-8-10-4-3-5-11(10)16/h10-11,16H,1-8H2,(H,15,17). The largest absolute Gasteiger partial charge is 0.393 e. The Labute approximate surface area is 102 Å². The highest BCUT2D eigenvalue weighted by atomic mass is 16.3. The number of nitrogens with zero attached hydrogens (tertiary/aromatic N) is 1. The van der Waals surface area contributed by atoms with Crippen LogP contribution >= 0.6 is 0 Å². The van der Waals surface area contributed by atoms with E-state index in [1.807, 2.05) is 0 Å². The summed E-state index contributed by atoms with van der Waals surface area (Å²) in [7, 11) is 0. The van der Waals surface area contributed by atoms with Crippen LogP contribution in [0.3, 0.4) is 0 Å². The molecule has 4 heteroatoms. The maximum atomic E-state index is 12.0. The van der Waals surface area contributed by atoms with E-state index in [1.54, 1.807) is 0 Å². The number of rotatable bonds is 3. The fraction of sp³-hybridized carbons (Fsp3) is 0.846. The molecule has 0 aromatic rings. The highest BCUT2D eigenvalue weighted by Crippen LogP contribution is 2.37. The van der Waals surface area contributed by atoms with Crippen molar-refractivity contribution < 1.29 is 9.90 Å². The highest BCUT2D eigenvalue weighted by molar-refractivity contribution is 5.85. The summed E-state index contributed by atoms with van der Waals surface area (Å²) in [5.74, 6) is 0.0488. The van der Waals surface area contributed by atoms with Crippen molar-refractivity contribution in [3.05, 3.63) is 0 Å². The molecule has 2 aliphatic carbocycles. The lowest BCUT2D eigenvalue weighted by Gasteiger charge is -2.22. The normalized spacial score (nSPS) is 31.1. The van der Waals surface area contributed by atoms with Crippen LogP contribution in [0.1, 0.15) is 44.9 Å². The number of hydrogen-bond acceptors (Lipinski definition) is 3. The lowest BCUT2D eigenvalue weighted by atomic mass is 9.87. The van der Waals surface area contributed by atoms with E-state index in [0.29, 0.717) is 19.4 Å². The number of aliphatic hydroxyl groups is 1. The van der Waals surface area contributed by atoms with Gasteiger partial charge < -0.3 is 10.4 Å². The quantitative estimate of drug-likeness (QED) is 0.776. The Hall–Kier alpha value is -1.08. The molecule has 2 N–H and O–H groups in total. The summed E-state index contributed by atoms with van der Waals surface area (Å²) < 4.78 is 0. The fourth-order valence-corrected chi connectivity index (χ4v) is 3.02. The first kappa shape index (κ1) is 12.4. The molecule has 2 aliphatic rings. The Balaban J connectivity index is 1.86. The van der Waals surface area contributed by atoms with E-state index in [-0.39, 0.29) is 17.9 Å². The van der Waals surface area contributed by atoms with Crippen molar-refractivity contribution in [3.8, 4) is 6.07 Å². The molecular formula is C13H20N2O2. The van der Waals surface area contributed by atoms with Crippen molar-refractivity contribution in [2.24, 2.45) is 11.3 Å². The summed E-state index contributed by atoms with van der Waals surface area (Å²) in [5, 5.41) is 21.7. The fourth-order valence-electron chi connectivity index (χ4n) is 3.02. The maximum absolute atomic E-state index is 12.0. The van der Waals surface area contributed by atoms with Gasteiger partial charge in [-0.2, -0.15) is 5.26 Å². The zero-order valence-electron chi connectivity index (χ0n) is 10.1. The summed E-state index contributed by atoms with van der Waals surface area (Å²) in [6.07, 6.45) is 5.86. The van der Waals surface area contributed by atoms with Gasteiger partial charge in [-0.15, -0.1) is 0 Å². The molecule has 0 saturated heterocycles. The number of amides is 1. The van der Waals surface area contributed by atoms with E-state index < -0.39 is 5.41 Å². The Morgan fingerprint density at radius 3 is 2.59 bits per heavy atom. The van der Waals surface area contributed by atoms with Crippen molar-refractivity contribution in [2.45, 2.75) is 51.0 Å². The average Bonchev–Trinajstić information content (AvgIpc) is 2.95. The second kappa shape index (κ2) is 5.05. The van der Waals surface area contributed by atoms with Crippen molar-refractivity contribution in [3.63, 3.8) is 0 Å². The third-order valence-electron chi connectivity index (χ3n) is 4.25. The van der Waals surface area contributed by atoms with Crippen molar-refractivity contribution >= 4 is 5.91 Å². The first-order valence-corrected chi connectivity index (χ1v) is 6.55. The summed E-state index contributed by atoms with van der Waals surface area (Å²) in [4.78, 5) is 12.0. The molecule has 0 spiro atoms. The topological polar surface area (TPSA) is 73.1 Å². The number of aliphatic hydroxyl groups excluding tert-OH is 1. The second-order valence-electron chi connectivity index (χ2n) is 5.37. The Morgan fingerprint density at radius 2 is 2.06 bits per heavy atom. The molecule has 0 heterocycles. The van der Waals surface area contributed by atoms with Crippen LogP contribution in [0.25, 0.3) is 0 Å². The van der Waals surface area contributed by atoms with Crippen LogP contribution in [-0.2, 0) is 4.79 Å². The predicted molar refractivity (Wildman–Crippen MR) is 62.9 cm³/mol. The summed E-state index contributed by atoms with van der Waals surface area (Å²) in [6.45, 7) is 0.517. The lowest BCUT2D eigenvalue weighted by Crippen LogP contribution is -2.41. The van der Waals surface area contributed by atoms with Gasteiger partial charge in [0.05, 0.1) is 12.2 Å². The maximum Gasteiger partial charge on any atom is 0.240 e. The average molecular weight is 236 g/mol. The number of carbonyl (C=O) groups is 1. The molecule has 0 bridgehead atoms. The van der Waals surface area contributed by atoms with Gasteiger partial charge in [0.1, 0.15) is 5.41 Å².